The molecule has 2 N–H and O–H groups in total. The van der Waals surface area contributed by atoms with Gasteiger partial charge in [-0.05, 0) is 33.1 Å². The van der Waals surface area contributed by atoms with E-state index in [-0.39, 0.29) is 6.04 Å². The number of hydrogen-bond acceptors (Lipinski definition) is 4. The average molecular weight is 230 g/mol. The van der Waals surface area contributed by atoms with Gasteiger partial charge in [0, 0.05) is 6.61 Å². The summed E-state index contributed by atoms with van der Waals surface area (Å²) in [4.78, 5) is 11.4. The summed E-state index contributed by atoms with van der Waals surface area (Å²) in [5.41, 5.74) is 5.02. The second kappa shape index (κ2) is 5.50. The SMILES string of the molecule is CC1CCOCC1NNC(=O)OC(C)(C)C. The largest absolute Gasteiger partial charge is 0.443 e. The molecule has 0 bridgehead atoms. The molecule has 2 atom stereocenters. The van der Waals surface area contributed by atoms with E-state index in [4.69, 9.17) is 9.47 Å². The molecule has 0 aromatic rings. The molecule has 0 aliphatic carbocycles. The highest BCUT2D eigenvalue weighted by Gasteiger charge is 2.23. The van der Waals surface area contributed by atoms with Crippen LogP contribution in [0.25, 0.3) is 0 Å². The number of carbonyl (C=O) groups is 1. The maximum Gasteiger partial charge on any atom is 0.422 e. The van der Waals surface area contributed by atoms with E-state index in [9.17, 15) is 4.79 Å². The van der Waals surface area contributed by atoms with E-state index in [1.165, 1.54) is 0 Å². The molecule has 0 spiro atoms. The van der Waals surface area contributed by atoms with Gasteiger partial charge in [0.25, 0.3) is 0 Å². The summed E-state index contributed by atoms with van der Waals surface area (Å²) in [5.74, 6) is 0.490. The van der Waals surface area contributed by atoms with Crippen molar-refractivity contribution in [3.63, 3.8) is 0 Å². The van der Waals surface area contributed by atoms with Crippen LogP contribution in [-0.2, 0) is 9.47 Å². The van der Waals surface area contributed by atoms with Gasteiger partial charge in [0.2, 0.25) is 0 Å². The molecule has 1 aliphatic rings. The predicted octanol–water partition coefficient (Wildman–Crippen LogP) is 1.44. The van der Waals surface area contributed by atoms with Crippen molar-refractivity contribution in [3.8, 4) is 0 Å². The topological polar surface area (TPSA) is 59.6 Å². The fourth-order valence-corrected chi connectivity index (χ4v) is 1.48. The Morgan fingerprint density at radius 2 is 2.12 bits per heavy atom. The van der Waals surface area contributed by atoms with E-state index in [2.05, 4.69) is 17.8 Å². The Morgan fingerprint density at radius 3 is 2.69 bits per heavy atom. The Balaban J connectivity index is 2.25. The smallest absolute Gasteiger partial charge is 0.422 e. The molecule has 0 aromatic carbocycles. The standard InChI is InChI=1S/C11H22N2O3/c1-8-5-6-15-7-9(8)12-13-10(14)16-11(2,3)4/h8-9,12H,5-7H2,1-4H3,(H,13,14). The van der Waals surface area contributed by atoms with Crippen LogP contribution in [0.3, 0.4) is 0 Å². The quantitative estimate of drug-likeness (QED) is 0.705. The van der Waals surface area contributed by atoms with Crippen LogP contribution in [0.4, 0.5) is 4.79 Å². The van der Waals surface area contributed by atoms with E-state index >= 15 is 0 Å². The third-order valence-corrected chi connectivity index (χ3v) is 2.46. The van der Waals surface area contributed by atoms with Gasteiger partial charge >= 0.3 is 6.09 Å². The van der Waals surface area contributed by atoms with Gasteiger partial charge in [-0.1, -0.05) is 6.92 Å². The predicted molar refractivity (Wildman–Crippen MR) is 60.9 cm³/mol. The Bertz CT molecular complexity index is 238. The summed E-state index contributed by atoms with van der Waals surface area (Å²) in [5, 5.41) is 0. The fraction of sp³-hybridized carbons (Fsp3) is 0.909. The summed E-state index contributed by atoms with van der Waals surface area (Å²) in [6, 6.07) is 0.154. The molecule has 0 saturated carbocycles. The van der Waals surface area contributed by atoms with Crippen LogP contribution in [0.1, 0.15) is 34.1 Å². The van der Waals surface area contributed by atoms with Crippen LogP contribution in [0.5, 0.6) is 0 Å². The van der Waals surface area contributed by atoms with E-state index < -0.39 is 11.7 Å². The fourth-order valence-electron chi connectivity index (χ4n) is 1.48. The number of ether oxygens (including phenoxy) is 2. The van der Waals surface area contributed by atoms with E-state index in [0.29, 0.717) is 12.5 Å². The summed E-state index contributed by atoms with van der Waals surface area (Å²) < 4.78 is 10.4. The Labute approximate surface area is 96.8 Å². The van der Waals surface area contributed by atoms with Crippen LogP contribution in [0.15, 0.2) is 0 Å². The highest BCUT2D eigenvalue weighted by molar-refractivity contribution is 5.67. The van der Waals surface area contributed by atoms with Crippen molar-refractivity contribution in [2.24, 2.45) is 5.92 Å². The van der Waals surface area contributed by atoms with Crippen LogP contribution >= 0.6 is 0 Å². The first-order valence-electron chi connectivity index (χ1n) is 5.71. The van der Waals surface area contributed by atoms with Gasteiger partial charge in [0.15, 0.2) is 0 Å². The third kappa shape index (κ3) is 4.81. The lowest BCUT2D eigenvalue weighted by Crippen LogP contribution is -2.52. The zero-order valence-electron chi connectivity index (χ0n) is 10.5. The normalized spacial score (nSPS) is 26.2. The Hall–Kier alpha value is -0.810. The number of carbonyl (C=O) groups excluding carboxylic acids is 1. The molecular weight excluding hydrogens is 208 g/mol. The first kappa shape index (κ1) is 13.3. The molecular formula is C11H22N2O3. The maximum absolute atomic E-state index is 11.4. The lowest BCUT2D eigenvalue weighted by atomic mass is 9.98. The summed E-state index contributed by atoms with van der Waals surface area (Å²) in [6.45, 7) is 9.05. The van der Waals surface area contributed by atoms with E-state index in [1.54, 1.807) is 0 Å². The van der Waals surface area contributed by atoms with Gasteiger partial charge in [-0.2, -0.15) is 0 Å². The minimum absolute atomic E-state index is 0.154. The van der Waals surface area contributed by atoms with Gasteiger partial charge in [-0.3, -0.25) is 5.43 Å². The number of rotatable bonds is 2. The molecule has 1 rings (SSSR count). The highest BCUT2D eigenvalue weighted by Crippen LogP contribution is 2.13. The van der Waals surface area contributed by atoms with Crippen molar-refractivity contribution < 1.29 is 14.3 Å². The van der Waals surface area contributed by atoms with Crippen LogP contribution in [-0.4, -0.2) is 30.9 Å². The first-order valence-corrected chi connectivity index (χ1v) is 5.71. The molecule has 2 unspecified atom stereocenters. The zero-order chi connectivity index (χ0) is 12.2. The van der Waals surface area contributed by atoms with Gasteiger partial charge in [0.1, 0.15) is 5.60 Å². The average Bonchev–Trinajstić information content (AvgIpc) is 2.14. The second-order valence-electron chi connectivity index (χ2n) is 5.22. The Kier molecular flexibility index (Phi) is 4.56. The molecule has 1 saturated heterocycles. The van der Waals surface area contributed by atoms with Gasteiger partial charge in [0.05, 0.1) is 12.6 Å². The van der Waals surface area contributed by atoms with Crippen LogP contribution < -0.4 is 10.9 Å². The molecule has 1 heterocycles. The van der Waals surface area contributed by atoms with E-state index in [0.717, 1.165) is 13.0 Å². The third-order valence-electron chi connectivity index (χ3n) is 2.46. The monoisotopic (exact) mass is 230 g/mol. The summed E-state index contributed by atoms with van der Waals surface area (Å²) in [6.07, 6.45) is 0.554. The second-order valence-corrected chi connectivity index (χ2v) is 5.22. The van der Waals surface area contributed by atoms with E-state index in [1.807, 2.05) is 20.8 Å². The summed E-state index contributed by atoms with van der Waals surface area (Å²) in [7, 11) is 0. The van der Waals surface area contributed by atoms with Crippen molar-refractivity contribution in [1.82, 2.24) is 10.9 Å². The Morgan fingerprint density at radius 1 is 1.44 bits per heavy atom. The van der Waals surface area contributed by atoms with Gasteiger partial charge < -0.3 is 9.47 Å². The first-order chi connectivity index (χ1) is 7.38. The number of hydrazine groups is 1. The molecule has 16 heavy (non-hydrogen) atoms. The van der Waals surface area contributed by atoms with Crippen molar-refractivity contribution in [1.29, 1.82) is 0 Å². The highest BCUT2D eigenvalue weighted by atomic mass is 16.6. The molecule has 5 heteroatoms. The molecule has 0 radical (unpaired) electrons. The maximum atomic E-state index is 11.4. The number of amides is 1. The molecule has 0 aromatic heterocycles. The lowest BCUT2D eigenvalue weighted by Gasteiger charge is -2.30. The zero-order valence-corrected chi connectivity index (χ0v) is 10.5. The van der Waals surface area contributed by atoms with Crippen molar-refractivity contribution in [2.45, 2.75) is 45.8 Å². The molecule has 94 valence electrons. The minimum atomic E-state index is -0.472. The molecule has 1 amide bonds. The molecule has 1 fully saturated rings. The van der Waals surface area contributed by atoms with Crippen molar-refractivity contribution >= 4 is 6.09 Å². The number of hydrogen-bond donors (Lipinski definition) is 2. The summed E-state index contributed by atoms with van der Waals surface area (Å²) >= 11 is 0. The lowest BCUT2D eigenvalue weighted by molar-refractivity contribution is 0.0251. The van der Waals surface area contributed by atoms with Crippen LogP contribution in [0.2, 0.25) is 0 Å². The van der Waals surface area contributed by atoms with Crippen LogP contribution in [0, 0.1) is 5.92 Å². The molecule has 1 aliphatic heterocycles. The van der Waals surface area contributed by atoms with Gasteiger partial charge in [-0.15, -0.1) is 0 Å². The molecule has 5 nitrogen and oxygen atoms in total. The number of nitrogens with one attached hydrogen (secondary N) is 2. The van der Waals surface area contributed by atoms with Crippen molar-refractivity contribution in [2.75, 3.05) is 13.2 Å². The van der Waals surface area contributed by atoms with Crippen molar-refractivity contribution in [3.05, 3.63) is 0 Å². The minimum Gasteiger partial charge on any atom is -0.443 e. The van der Waals surface area contributed by atoms with Gasteiger partial charge in [-0.25, -0.2) is 10.2 Å².